The van der Waals surface area contributed by atoms with Gasteiger partial charge in [0, 0.05) is 13.5 Å². The number of oxazole rings is 1. The molecule has 0 saturated carbocycles. The van der Waals surface area contributed by atoms with Gasteiger partial charge in [-0.15, -0.1) is 0 Å². The number of aryl methyl sites for hydroxylation is 2. The van der Waals surface area contributed by atoms with Crippen molar-refractivity contribution in [3.8, 4) is 0 Å². The molecular weight excluding hydrogens is 192 g/mol. The molecule has 0 amide bonds. The fraction of sp³-hybridized carbons (Fsp3) is 0.727. The quantitative estimate of drug-likeness (QED) is 0.773. The zero-order chi connectivity index (χ0) is 10.8. The Bertz CT molecular complexity index is 335. The zero-order valence-electron chi connectivity index (χ0n) is 9.29. The van der Waals surface area contributed by atoms with Crippen LogP contribution in [-0.4, -0.2) is 23.2 Å². The monoisotopic (exact) mass is 210 g/mol. The number of aliphatic hydroxyl groups is 1. The lowest BCUT2D eigenvalue weighted by Crippen LogP contribution is -2.33. The molecule has 0 bridgehead atoms. The number of hydrogen-bond acceptors (Lipinski definition) is 4. The van der Waals surface area contributed by atoms with Crippen molar-refractivity contribution in [2.75, 3.05) is 13.2 Å². The number of nitrogens with one attached hydrogen (secondary N) is 1. The smallest absolute Gasteiger partial charge is 0.191 e. The number of aromatic nitrogens is 1. The Kier molecular flexibility index (Phi) is 3.07. The molecule has 0 radical (unpaired) electrons. The van der Waals surface area contributed by atoms with Crippen LogP contribution in [0.1, 0.15) is 36.2 Å². The zero-order valence-corrected chi connectivity index (χ0v) is 9.29. The molecule has 1 aliphatic heterocycles. The van der Waals surface area contributed by atoms with Gasteiger partial charge in [0.1, 0.15) is 5.76 Å². The molecule has 84 valence electrons. The first-order chi connectivity index (χ1) is 7.20. The van der Waals surface area contributed by atoms with Gasteiger partial charge in [0.15, 0.2) is 5.89 Å². The minimum Gasteiger partial charge on any atom is -0.444 e. The third-order valence-electron chi connectivity index (χ3n) is 3.03. The number of piperidine rings is 1. The molecule has 2 N–H and O–H groups in total. The van der Waals surface area contributed by atoms with Gasteiger partial charge in [-0.2, -0.15) is 0 Å². The van der Waals surface area contributed by atoms with Crippen LogP contribution < -0.4 is 5.32 Å². The summed E-state index contributed by atoms with van der Waals surface area (Å²) in [7, 11) is 0. The van der Waals surface area contributed by atoms with Gasteiger partial charge >= 0.3 is 0 Å². The van der Waals surface area contributed by atoms with E-state index < -0.39 is 0 Å². The summed E-state index contributed by atoms with van der Waals surface area (Å²) < 4.78 is 5.59. The van der Waals surface area contributed by atoms with Crippen molar-refractivity contribution in [3.63, 3.8) is 0 Å². The Hall–Kier alpha value is -0.870. The second kappa shape index (κ2) is 4.33. The highest BCUT2D eigenvalue weighted by molar-refractivity contribution is 5.13. The third kappa shape index (κ3) is 2.21. The van der Waals surface area contributed by atoms with Crippen LogP contribution in [0.4, 0.5) is 0 Å². The maximum Gasteiger partial charge on any atom is 0.191 e. The van der Waals surface area contributed by atoms with Crippen molar-refractivity contribution >= 4 is 0 Å². The highest BCUT2D eigenvalue weighted by Gasteiger charge is 2.26. The van der Waals surface area contributed by atoms with Gasteiger partial charge in [-0.1, -0.05) is 0 Å². The summed E-state index contributed by atoms with van der Waals surface area (Å²) in [5, 5.41) is 12.6. The maximum atomic E-state index is 9.16. The van der Waals surface area contributed by atoms with Crippen LogP contribution in [-0.2, 0) is 0 Å². The summed E-state index contributed by atoms with van der Waals surface area (Å²) >= 11 is 0. The largest absolute Gasteiger partial charge is 0.444 e. The summed E-state index contributed by atoms with van der Waals surface area (Å²) in [6, 6.07) is 0.220. The summed E-state index contributed by atoms with van der Waals surface area (Å²) in [5.41, 5.74) is 0.962. The van der Waals surface area contributed by atoms with E-state index >= 15 is 0 Å². The molecule has 1 aromatic heterocycles. The average Bonchev–Trinajstić information content (AvgIpc) is 2.58. The van der Waals surface area contributed by atoms with Gasteiger partial charge in [-0.25, -0.2) is 4.98 Å². The standard InChI is InChI=1S/C11H18N2O2/c1-7-11(15-8(2)13-7)10-5-9(6-14)3-4-12-10/h9-10,12,14H,3-6H2,1-2H3. The normalized spacial score (nSPS) is 26.9. The maximum absolute atomic E-state index is 9.16. The number of hydrogen-bond donors (Lipinski definition) is 2. The van der Waals surface area contributed by atoms with E-state index in [-0.39, 0.29) is 12.6 Å². The van der Waals surface area contributed by atoms with Gasteiger partial charge < -0.3 is 14.8 Å². The third-order valence-corrected chi connectivity index (χ3v) is 3.03. The molecule has 4 nitrogen and oxygen atoms in total. The van der Waals surface area contributed by atoms with Crippen molar-refractivity contribution in [1.82, 2.24) is 10.3 Å². The molecule has 4 heteroatoms. The molecule has 1 aromatic rings. The van der Waals surface area contributed by atoms with E-state index in [4.69, 9.17) is 9.52 Å². The second-order valence-corrected chi connectivity index (χ2v) is 4.26. The van der Waals surface area contributed by atoms with Crippen LogP contribution in [0.15, 0.2) is 4.42 Å². The van der Waals surface area contributed by atoms with Gasteiger partial charge in [0.25, 0.3) is 0 Å². The summed E-state index contributed by atoms with van der Waals surface area (Å²) in [6.07, 6.45) is 1.98. The molecule has 0 spiro atoms. The first-order valence-corrected chi connectivity index (χ1v) is 5.49. The van der Waals surface area contributed by atoms with Crippen molar-refractivity contribution < 1.29 is 9.52 Å². The first-order valence-electron chi connectivity index (χ1n) is 5.49. The fourth-order valence-electron chi connectivity index (χ4n) is 2.23. The van der Waals surface area contributed by atoms with Crippen LogP contribution in [0, 0.1) is 19.8 Å². The Morgan fingerprint density at radius 2 is 2.33 bits per heavy atom. The van der Waals surface area contributed by atoms with E-state index in [1.807, 2.05) is 13.8 Å². The van der Waals surface area contributed by atoms with E-state index in [0.717, 1.165) is 36.7 Å². The lowest BCUT2D eigenvalue weighted by Gasteiger charge is -2.28. The highest BCUT2D eigenvalue weighted by atomic mass is 16.4. The van der Waals surface area contributed by atoms with Crippen molar-refractivity contribution in [1.29, 1.82) is 0 Å². The molecule has 0 aromatic carbocycles. The topological polar surface area (TPSA) is 58.3 Å². The SMILES string of the molecule is Cc1nc(C)c(C2CC(CO)CCN2)o1. The number of nitrogens with zero attached hydrogens (tertiary/aromatic N) is 1. The highest BCUT2D eigenvalue weighted by Crippen LogP contribution is 2.29. The van der Waals surface area contributed by atoms with Crippen LogP contribution in [0.3, 0.4) is 0 Å². The van der Waals surface area contributed by atoms with E-state index in [1.54, 1.807) is 0 Å². The number of aliphatic hydroxyl groups excluding tert-OH is 1. The lowest BCUT2D eigenvalue weighted by atomic mass is 9.91. The average molecular weight is 210 g/mol. The molecule has 1 fully saturated rings. The Morgan fingerprint density at radius 3 is 2.93 bits per heavy atom. The molecular formula is C11H18N2O2. The molecule has 2 rings (SSSR count). The van der Waals surface area contributed by atoms with Crippen LogP contribution in [0.5, 0.6) is 0 Å². The lowest BCUT2D eigenvalue weighted by molar-refractivity contribution is 0.168. The molecule has 2 heterocycles. The van der Waals surface area contributed by atoms with Crippen molar-refractivity contribution in [2.45, 2.75) is 32.7 Å². The van der Waals surface area contributed by atoms with Crippen LogP contribution in [0.25, 0.3) is 0 Å². The van der Waals surface area contributed by atoms with Crippen LogP contribution in [0.2, 0.25) is 0 Å². The van der Waals surface area contributed by atoms with Gasteiger partial charge in [0.2, 0.25) is 0 Å². The van der Waals surface area contributed by atoms with Gasteiger partial charge in [0.05, 0.1) is 11.7 Å². The van der Waals surface area contributed by atoms with E-state index in [1.165, 1.54) is 0 Å². The Balaban J connectivity index is 2.13. The van der Waals surface area contributed by atoms with Crippen molar-refractivity contribution in [2.24, 2.45) is 5.92 Å². The van der Waals surface area contributed by atoms with Gasteiger partial charge in [-0.3, -0.25) is 0 Å². The van der Waals surface area contributed by atoms with E-state index in [0.29, 0.717) is 5.92 Å². The Morgan fingerprint density at radius 1 is 1.53 bits per heavy atom. The van der Waals surface area contributed by atoms with E-state index in [2.05, 4.69) is 10.3 Å². The fourth-order valence-corrected chi connectivity index (χ4v) is 2.23. The first kappa shape index (κ1) is 10.6. The summed E-state index contributed by atoms with van der Waals surface area (Å²) in [6.45, 7) is 5.04. The molecule has 15 heavy (non-hydrogen) atoms. The predicted octanol–water partition coefficient (Wildman–Crippen LogP) is 1.32. The van der Waals surface area contributed by atoms with E-state index in [9.17, 15) is 0 Å². The molecule has 0 aliphatic carbocycles. The van der Waals surface area contributed by atoms with Crippen LogP contribution >= 0.6 is 0 Å². The van der Waals surface area contributed by atoms with Gasteiger partial charge in [-0.05, 0) is 32.2 Å². The molecule has 1 saturated heterocycles. The summed E-state index contributed by atoms with van der Waals surface area (Å²) in [4.78, 5) is 4.27. The van der Waals surface area contributed by atoms with Crippen molar-refractivity contribution in [3.05, 3.63) is 17.3 Å². The molecule has 2 unspecified atom stereocenters. The minimum absolute atomic E-state index is 0.220. The molecule has 2 atom stereocenters. The molecule has 1 aliphatic rings. The number of rotatable bonds is 2. The Labute approximate surface area is 89.7 Å². The predicted molar refractivity (Wildman–Crippen MR) is 56.5 cm³/mol. The minimum atomic E-state index is 0.220. The second-order valence-electron chi connectivity index (χ2n) is 4.26. The summed E-state index contributed by atoms with van der Waals surface area (Å²) in [5.74, 6) is 2.04.